The van der Waals surface area contributed by atoms with Gasteiger partial charge in [0, 0.05) is 25.9 Å². The number of ether oxygens (including phenoxy) is 1. The maximum atomic E-state index is 12.8. The molecule has 6 heteroatoms. The topological polar surface area (TPSA) is 72.8 Å². The summed E-state index contributed by atoms with van der Waals surface area (Å²) in [5.74, 6) is 1.22. The van der Waals surface area contributed by atoms with E-state index in [1.54, 1.807) is 22.9 Å². The minimum Gasteiger partial charge on any atom is -0.457 e. The standard InChI is InChI=1S/C25H24N4O2/c1-25(2,3)16-29-22-9-8-18(13-23(22)28(4)24(29)30)17-6-5-7-20(12-17)31-21-10-11-27-19(14-21)15-26/h5-14H,16H2,1-4H3. The maximum Gasteiger partial charge on any atom is 0.328 e. The van der Waals surface area contributed by atoms with E-state index in [-0.39, 0.29) is 11.1 Å². The van der Waals surface area contributed by atoms with Crippen molar-refractivity contribution in [3.63, 3.8) is 0 Å². The molecular formula is C25H24N4O2. The molecule has 2 aromatic carbocycles. The number of pyridine rings is 1. The first-order valence-corrected chi connectivity index (χ1v) is 10.1. The first-order chi connectivity index (χ1) is 14.7. The average Bonchev–Trinajstić information content (AvgIpc) is 2.97. The van der Waals surface area contributed by atoms with Crippen LogP contribution in [0.3, 0.4) is 0 Å². The smallest absolute Gasteiger partial charge is 0.328 e. The lowest BCUT2D eigenvalue weighted by Gasteiger charge is -2.18. The van der Waals surface area contributed by atoms with Crippen LogP contribution in [-0.2, 0) is 13.6 Å². The summed E-state index contributed by atoms with van der Waals surface area (Å²) in [5, 5.41) is 9.02. The van der Waals surface area contributed by atoms with Gasteiger partial charge in [0.15, 0.2) is 0 Å². The fourth-order valence-corrected chi connectivity index (χ4v) is 3.63. The van der Waals surface area contributed by atoms with Gasteiger partial charge in [0.05, 0.1) is 11.0 Å². The molecule has 2 heterocycles. The summed E-state index contributed by atoms with van der Waals surface area (Å²) in [7, 11) is 1.81. The van der Waals surface area contributed by atoms with Gasteiger partial charge in [-0.2, -0.15) is 5.26 Å². The maximum absolute atomic E-state index is 12.8. The third kappa shape index (κ3) is 4.22. The Balaban J connectivity index is 1.71. The number of nitriles is 1. The van der Waals surface area contributed by atoms with E-state index in [2.05, 4.69) is 25.8 Å². The molecule has 0 saturated heterocycles. The minimum atomic E-state index is -0.00913. The highest BCUT2D eigenvalue weighted by atomic mass is 16.5. The van der Waals surface area contributed by atoms with Crippen LogP contribution in [0.2, 0.25) is 0 Å². The highest BCUT2D eigenvalue weighted by Crippen LogP contribution is 2.30. The summed E-state index contributed by atoms with van der Waals surface area (Å²) in [6.45, 7) is 7.03. The molecule has 0 amide bonds. The lowest BCUT2D eigenvalue weighted by Crippen LogP contribution is -2.27. The van der Waals surface area contributed by atoms with E-state index in [1.165, 1.54) is 0 Å². The van der Waals surface area contributed by atoms with Gasteiger partial charge < -0.3 is 4.74 Å². The van der Waals surface area contributed by atoms with E-state index in [1.807, 2.05) is 60.1 Å². The van der Waals surface area contributed by atoms with E-state index < -0.39 is 0 Å². The van der Waals surface area contributed by atoms with Crippen molar-refractivity contribution in [2.24, 2.45) is 12.5 Å². The Kier molecular flexibility index (Phi) is 5.12. The van der Waals surface area contributed by atoms with Crippen LogP contribution in [0.1, 0.15) is 26.5 Å². The second-order valence-electron chi connectivity index (χ2n) is 8.81. The normalized spacial score (nSPS) is 11.5. The molecule has 31 heavy (non-hydrogen) atoms. The second kappa shape index (κ2) is 7.77. The van der Waals surface area contributed by atoms with Crippen molar-refractivity contribution in [3.8, 4) is 28.7 Å². The molecule has 0 aliphatic heterocycles. The second-order valence-corrected chi connectivity index (χ2v) is 8.81. The third-order valence-corrected chi connectivity index (χ3v) is 5.03. The molecule has 0 N–H and O–H groups in total. The van der Waals surface area contributed by atoms with Crippen molar-refractivity contribution in [3.05, 3.63) is 77.0 Å². The lowest BCUT2D eigenvalue weighted by molar-refractivity contribution is 0.342. The summed E-state index contributed by atoms with van der Waals surface area (Å²) in [5.41, 5.74) is 4.09. The number of aryl methyl sites for hydroxylation is 1. The number of imidazole rings is 1. The number of hydrogen-bond acceptors (Lipinski definition) is 4. The predicted octanol–water partition coefficient (Wildman–Crippen LogP) is 5.11. The SMILES string of the molecule is Cn1c(=O)n(CC(C)(C)C)c2ccc(-c3cccc(Oc4ccnc(C#N)c4)c3)cc21. The molecule has 6 nitrogen and oxygen atoms in total. The number of nitrogens with zero attached hydrogens (tertiary/aromatic N) is 4. The number of hydrogen-bond donors (Lipinski definition) is 0. The summed E-state index contributed by atoms with van der Waals surface area (Å²) in [4.78, 5) is 16.8. The molecule has 0 radical (unpaired) electrons. The molecule has 0 aliphatic carbocycles. The Morgan fingerprint density at radius 2 is 1.74 bits per heavy atom. The number of aromatic nitrogens is 3. The van der Waals surface area contributed by atoms with Crippen molar-refractivity contribution in [2.75, 3.05) is 0 Å². The van der Waals surface area contributed by atoms with Crippen LogP contribution in [0.4, 0.5) is 0 Å². The van der Waals surface area contributed by atoms with Crippen LogP contribution in [-0.4, -0.2) is 14.1 Å². The Hall–Kier alpha value is -3.85. The predicted molar refractivity (Wildman–Crippen MR) is 121 cm³/mol. The average molecular weight is 412 g/mol. The molecule has 0 spiro atoms. The third-order valence-electron chi connectivity index (χ3n) is 5.03. The lowest BCUT2D eigenvalue weighted by atomic mass is 9.97. The number of fused-ring (bicyclic) bond motifs is 1. The van der Waals surface area contributed by atoms with Crippen molar-refractivity contribution in [2.45, 2.75) is 27.3 Å². The van der Waals surface area contributed by atoms with Gasteiger partial charge in [-0.15, -0.1) is 0 Å². The van der Waals surface area contributed by atoms with Crippen LogP contribution in [0.15, 0.2) is 65.6 Å². The van der Waals surface area contributed by atoms with Crippen LogP contribution < -0.4 is 10.4 Å². The van der Waals surface area contributed by atoms with Crippen LogP contribution in [0.25, 0.3) is 22.2 Å². The summed E-state index contributed by atoms with van der Waals surface area (Å²) < 4.78 is 9.46. The molecule has 4 rings (SSSR count). The van der Waals surface area contributed by atoms with Crippen molar-refractivity contribution < 1.29 is 4.74 Å². The Bertz CT molecular complexity index is 1370. The summed E-state index contributed by atoms with van der Waals surface area (Å²) in [6.07, 6.45) is 1.55. The van der Waals surface area contributed by atoms with Crippen LogP contribution in [0.5, 0.6) is 11.5 Å². The van der Waals surface area contributed by atoms with Gasteiger partial charge in [-0.05, 0) is 46.9 Å². The van der Waals surface area contributed by atoms with Gasteiger partial charge in [-0.3, -0.25) is 9.13 Å². The first kappa shape index (κ1) is 20.4. The fourth-order valence-electron chi connectivity index (χ4n) is 3.63. The summed E-state index contributed by atoms with van der Waals surface area (Å²) in [6, 6.07) is 19.1. The molecule has 4 aromatic rings. The van der Waals surface area contributed by atoms with Crippen LogP contribution in [0, 0.1) is 16.7 Å². The van der Waals surface area contributed by atoms with Crippen molar-refractivity contribution in [1.82, 2.24) is 14.1 Å². The van der Waals surface area contributed by atoms with E-state index >= 15 is 0 Å². The molecule has 0 saturated carbocycles. The largest absolute Gasteiger partial charge is 0.457 e. The fraction of sp³-hybridized carbons (Fsp3) is 0.240. The number of benzene rings is 2. The van der Waals surface area contributed by atoms with E-state index in [0.29, 0.717) is 23.7 Å². The van der Waals surface area contributed by atoms with E-state index in [4.69, 9.17) is 10.00 Å². The quantitative estimate of drug-likeness (QED) is 0.467. The Morgan fingerprint density at radius 3 is 2.48 bits per heavy atom. The summed E-state index contributed by atoms with van der Waals surface area (Å²) >= 11 is 0. The molecule has 2 aromatic heterocycles. The molecule has 0 atom stereocenters. The van der Waals surface area contributed by atoms with E-state index in [0.717, 1.165) is 22.2 Å². The molecule has 0 aliphatic rings. The van der Waals surface area contributed by atoms with Gasteiger partial charge in [0.2, 0.25) is 0 Å². The van der Waals surface area contributed by atoms with Gasteiger partial charge in [-0.25, -0.2) is 9.78 Å². The zero-order valence-electron chi connectivity index (χ0n) is 18.1. The van der Waals surface area contributed by atoms with Gasteiger partial charge >= 0.3 is 5.69 Å². The molecule has 0 fully saturated rings. The first-order valence-electron chi connectivity index (χ1n) is 10.1. The zero-order valence-corrected chi connectivity index (χ0v) is 18.1. The highest BCUT2D eigenvalue weighted by Gasteiger charge is 2.18. The monoisotopic (exact) mass is 412 g/mol. The molecular weight excluding hydrogens is 388 g/mol. The minimum absolute atomic E-state index is 0.000815. The van der Waals surface area contributed by atoms with Crippen LogP contribution >= 0.6 is 0 Å². The van der Waals surface area contributed by atoms with Gasteiger partial charge in [-0.1, -0.05) is 39.0 Å². The van der Waals surface area contributed by atoms with Crippen molar-refractivity contribution >= 4 is 11.0 Å². The Labute approximate surface area is 181 Å². The van der Waals surface area contributed by atoms with Gasteiger partial charge in [0.25, 0.3) is 0 Å². The van der Waals surface area contributed by atoms with Gasteiger partial charge in [0.1, 0.15) is 23.3 Å². The zero-order chi connectivity index (χ0) is 22.2. The number of rotatable bonds is 4. The molecule has 0 unspecified atom stereocenters. The van der Waals surface area contributed by atoms with E-state index in [9.17, 15) is 4.79 Å². The highest BCUT2D eigenvalue weighted by molar-refractivity contribution is 5.83. The van der Waals surface area contributed by atoms with Crippen molar-refractivity contribution in [1.29, 1.82) is 5.26 Å². The molecule has 156 valence electrons. The molecule has 0 bridgehead atoms. The Morgan fingerprint density at radius 1 is 1.00 bits per heavy atom.